The van der Waals surface area contributed by atoms with Gasteiger partial charge in [0.1, 0.15) is 5.82 Å². The second kappa shape index (κ2) is 10.2. The van der Waals surface area contributed by atoms with Crippen LogP contribution in [-0.2, 0) is 0 Å². The first-order chi connectivity index (χ1) is 15.3. The number of anilines is 1. The lowest BCUT2D eigenvalue weighted by Gasteiger charge is -2.24. The molecule has 0 spiro atoms. The number of rotatable bonds is 7. The Morgan fingerprint density at radius 1 is 1.03 bits per heavy atom. The van der Waals surface area contributed by atoms with E-state index in [1.807, 2.05) is 0 Å². The Bertz CT molecular complexity index is 1170. The van der Waals surface area contributed by atoms with Gasteiger partial charge in [-0.05, 0) is 48.5 Å². The number of carbonyl (C=O) groups is 2. The molecule has 10 heteroatoms. The first-order valence-corrected chi connectivity index (χ1v) is 10.1. The van der Waals surface area contributed by atoms with Crippen LogP contribution in [0.25, 0.3) is 0 Å². The zero-order valence-corrected chi connectivity index (χ0v) is 17.9. The van der Waals surface area contributed by atoms with E-state index >= 15 is 0 Å². The molecule has 3 aromatic rings. The topological polar surface area (TPSA) is 92.6 Å². The van der Waals surface area contributed by atoms with Crippen LogP contribution in [0.3, 0.4) is 0 Å². The van der Waals surface area contributed by atoms with Gasteiger partial charge in [-0.2, -0.15) is 0 Å². The van der Waals surface area contributed by atoms with E-state index in [0.29, 0.717) is 10.7 Å². The van der Waals surface area contributed by atoms with E-state index in [4.69, 9.17) is 23.2 Å². The fourth-order valence-corrected chi connectivity index (χ4v) is 3.41. The molecule has 0 aromatic heterocycles. The summed E-state index contributed by atoms with van der Waals surface area (Å²) in [6.07, 6.45) is 0. The Morgan fingerprint density at radius 3 is 2.41 bits per heavy atom. The first kappa shape index (κ1) is 23.2. The molecule has 0 heterocycles. The Kier molecular flexibility index (Phi) is 7.40. The Hall–Kier alpha value is -3.49. The van der Waals surface area contributed by atoms with Crippen LogP contribution in [0, 0.1) is 15.9 Å². The quantitative estimate of drug-likeness (QED) is 0.379. The molecule has 7 nitrogen and oxygen atoms in total. The normalized spacial score (nSPS) is 10.5. The van der Waals surface area contributed by atoms with Crippen molar-refractivity contribution in [1.82, 2.24) is 5.32 Å². The molecule has 164 valence electrons. The summed E-state index contributed by atoms with van der Waals surface area (Å²) in [7, 11) is 0. The molecule has 0 radical (unpaired) electrons. The van der Waals surface area contributed by atoms with Crippen LogP contribution >= 0.6 is 23.2 Å². The van der Waals surface area contributed by atoms with Gasteiger partial charge < -0.3 is 10.2 Å². The first-order valence-electron chi connectivity index (χ1n) is 9.31. The molecule has 0 atom stereocenters. The van der Waals surface area contributed by atoms with Crippen molar-refractivity contribution in [1.29, 1.82) is 0 Å². The Labute approximate surface area is 192 Å². The number of nitrogens with one attached hydrogen (secondary N) is 1. The number of hydrogen-bond donors (Lipinski definition) is 1. The van der Waals surface area contributed by atoms with E-state index in [-0.39, 0.29) is 34.9 Å². The number of halogens is 3. The fourth-order valence-electron chi connectivity index (χ4n) is 2.92. The molecule has 0 saturated carbocycles. The number of hydrogen-bond acceptors (Lipinski definition) is 4. The largest absolute Gasteiger partial charge is 0.350 e. The van der Waals surface area contributed by atoms with Crippen LogP contribution in [0.2, 0.25) is 10.0 Å². The maximum atomic E-state index is 13.4. The van der Waals surface area contributed by atoms with Gasteiger partial charge in [0.05, 0.1) is 15.5 Å². The number of benzene rings is 3. The summed E-state index contributed by atoms with van der Waals surface area (Å²) in [5, 5.41) is 14.0. The van der Waals surface area contributed by atoms with Gasteiger partial charge in [0.15, 0.2) is 0 Å². The summed E-state index contributed by atoms with van der Waals surface area (Å²) in [4.78, 5) is 37.2. The molecule has 0 bridgehead atoms. The number of carbonyl (C=O) groups excluding carboxylic acids is 2. The standard InChI is InChI=1S/C22H16Cl2FN3O4/c23-15-4-9-19(20(24)13-15)22(30)27(17-7-5-16(25)6-8-17)11-10-26-21(29)14-2-1-3-18(12-14)28(31)32/h1-9,12-13H,10-11H2,(H,26,29). The summed E-state index contributed by atoms with van der Waals surface area (Å²) < 4.78 is 13.4. The highest BCUT2D eigenvalue weighted by Gasteiger charge is 2.21. The highest BCUT2D eigenvalue weighted by Crippen LogP contribution is 2.25. The van der Waals surface area contributed by atoms with Crippen molar-refractivity contribution >= 4 is 46.4 Å². The van der Waals surface area contributed by atoms with Crippen LogP contribution in [-0.4, -0.2) is 29.8 Å². The molecule has 0 aliphatic heterocycles. The third kappa shape index (κ3) is 5.60. The summed E-state index contributed by atoms with van der Waals surface area (Å²) >= 11 is 12.1. The predicted octanol–water partition coefficient (Wildman–Crippen LogP) is 5.12. The minimum absolute atomic E-state index is 0.0237. The lowest BCUT2D eigenvalue weighted by atomic mass is 10.1. The summed E-state index contributed by atoms with van der Waals surface area (Å²) in [5.74, 6) is -1.47. The minimum atomic E-state index is -0.596. The average molecular weight is 476 g/mol. The van der Waals surface area contributed by atoms with Crippen LogP contribution < -0.4 is 10.2 Å². The van der Waals surface area contributed by atoms with Crippen molar-refractivity contribution in [2.75, 3.05) is 18.0 Å². The summed E-state index contributed by atoms with van der Waals surface area (Å²) in [6, 6.07) is 15.0. The molecule has 0 fully saturated rings. The fraction of sp³-hybridized carbons (Fsp3) is 0.0909. The van der Waals surface area contributed by atoms with E-state index in [9.17, 15) is 24.1 Å². The van der Waals surface area contributed by atoms with E-state index in [1.54, 1.807) is 0 Å². The monoisotopic (exact) mass is 475 g/mol. The zero-order valence-electron chi connectivity index (χ0n) is 16.4. The van der Waals surface area contributed by atoms with Crippen molar-refractivity contribution in [2.24, 2.45) is 0 Å². The number of nitro benzene ring substituents is 1. The summed E-state index contributed by atoms with van der Waals surface area (Å²) in [5.41, 5.74) is 0.482. The highest BCUT2D eigenvalue weighted by atomic mass is 35.5. The van der Waals surface area contributed by atoms with Gasteiger partial charge >= 0.3 is 0 Å². The minimum Gasteiger partial charge on any atom is -0.350 e. The lowest BCUT2D eigenvalue weighted by Crippen LogP contribution is -2.39. The summed E-state index contributed by atoms with van der Waals surface area (Å²) in [6.45, 7) is 0.0555. The molecule has 0 aliphatic carbocycles. The average Bonchev–Trinajstić information content (AvgIpc) is 2.77. The molecule has 3 rings (SSSR count). The van der Waals surface area contributed by atoms with Crippen LogP contribution in [0.1, 0.15) is 20.7 Å². The van der Waals surface area contributed by atoms with Gasteiger partial charge in [0.2, 0.25) is 0 Å². The van der Waals surface area contributed by atoms with E-state index in [1.165, 1.54) is 65.6 Å². The van der Waals surface area contributed by atoms with Crippen LogP contribution in [0.4, 0.5) is 15.8 Å². The number of nitrogens with zero attached hydrogens (tertiary/aromatic N) is 2. The molecule has 0 saturated heterocycles. The second-order valence-corrected chi connectivity index (χ2v) is 7.46. The van der Waals surface area contributed by atoms with Crippen LogP contribution in [0.15, 0.2) is 66.7 Å². The maximum Gasteiger partial charge on any atom is 0.270 e. The number of nitro groups is 1. The van der Waals surface area contributed by atoms with E-state index in [0.717, 1.165) is 6.07 Å². The third-order valence-corrected chi connectivity index (χ3v) is 5.03. The molecule has 32 heavy (non-hydrogen) atoms. The molecule has 0 aliphatic rings. The molecule has 2 amide bonds. The van der Waals surface area contributed by atoms with Crippen molar-refractivity contribution in [3.63, 3.8) is 0 Å². The SMILES string of the molecule is O=C(NCCN(C(=O)c1ccc(Cl)cc1Cl)c1ccc(F)cc1)c1cccc([N+](=O)[O-])c1. The van der Waals surface area contributed by atoms with E-state index in [2.05, 4.69) is 5.32 Å². The van der Waals surface area contributed by atoms with E-state index < -0.39 is 22.6 Å². The Balaban J connectivity index is 1.78. The molecular formula is C22H16Cl2FN3O4. The van der Waals surface area contributed by atoms with Crippen molar-refractivity contribution in [3.8, 4) is 0 Å². The van der Waals surface area contributed by atoms with Gasteiger partial charge in [0, 0.05) is 41.5 Å². The van der Waals surface area contributed by atoms with Gasteiger partial charge in [-0.1, -0.05) is 29.3 Å². The van der Waals surface area contributed by atoms with Gasteiger partial charge in [-0.25, -0.2) is 4.39 Å². The molecule has 0 unspecified atom stereocenters. The lowest BCUT2D eigenvalue weighted by molar-refractivity contribution is -0.384. The van der Waals surface area contributed by atoms with Crippen LogP contribution in [0.5, 0.6) is 0 Å². The van der Waals surface area contributed by atoms with Crippen molar-refractivity contribution in [3.05, 3.63) is 104 Å². The smallest absolute Gasteiger partial charge is 0.270 e. The molecular weight excluding hydrogens is 460 g/mol. The molecule has 3 aromatic carbocycles. The second-order valence-electron chi connectivity index (χ2n) is 6.62. The van der Waals surface area contributed by atoms with Gasteiger partial charge in [-0.3, -0.25) is 19.7 Å². The Morgan fingerprint density at radius 2 is 1.75 bits per heavy atom. The maximum absolute atomic E-state index is 13.4. The van der Waals surface area contributed by atoms with Crippen molar-refractivity contribution in [2.45, 2.75) is 0 Å². The van der Waals surface area contributed by atoms with Gasteiger partial charge in [0.25, 0.3) is 17.5 Å². The molecule has 1 N–H and O–H groups in total. The number of non-ortho nitro benzene ring substituents is 1. The zero-order chi connectivity index (χ0) is 23.3. The van der Waals surface area contributed by atoms with Crippen molar-refractivity contribution < 1.29 is 18.9 Å². The predicted molar refractivity (Wildman–Crippen MR) is 120 cm³/mol. The third-order valence-electron chi connectivity index (χ3n) is 4.49. The van der Waals surface area contributed by atoms with Gasteiger partial charge in [-0.15, -0.1) is 0 Å². The number of amides is 2. The highest BCUT2D eigenvalue weighted by molar-refractivity contribution is 6.37.